The average Bonchev–Trinajstić information content (AvgIpc) is 2.31. The molecule has 1 atom stereocenters. The number of rotatable bonds is 6. The van der Waals surface area contributed by atoms with Crippen LogP contribution in [-0.2, 0) is 14.3 Å². The number of likely N-dealkylation sites (N-methyl/N-ethyl adjacent to an activating group) is 1. The Kier molecular flexibility index (Phi) is 5.97. The third-order valence-corrected chi connectivity index (χ3v) is 2.92. The van der Waals surface area contributed by atoms with Crippen molar-refractivity contribution >= 4 is 11.9 Å². The predicted molar refractivity (Wildman–Crippen MR) is 64.5 cm³/mol. The summed E-state index contributed by atoms with van der Waals surface area (Å²) in [4.78, 5) is 24.3. The van der Waals surface area contributed by atoms with Gasteiger partial charge in [-0.1, -0.05) is 13.3 Å². The number of hydrogen-bond acceptors (Lipinski definition) is 4. The van der Waals surface area contributed by atoms with Crippen LogP contribution in [-0.4, -0.2) is 49.6 Å². The minimum atomic E-state index is -0.210. The Morgan fingerprint density at radius 2 is 2.35 bits per heavy atom. The molecule has 1 aliphatic rings. The second-order valence-electron chi connectivity index (χ2n) is 4.46. The smallest absolute Gasteiger partial charge is 0.319 e. The molecule has 98 valence electrons. The molecule has 0 aliphatic carbocycles. The first-order valence-corrected chi connectivity index (χ1v) is 6.26. The number of piperidine rings is 1. The summed E-state index contributed by atoms with van der Waals surface area (Å²) in [7, 11) is 1.79. The van der Waals surface area contributed by atoms with E-state index in [-0.39, 0.29) is 24.5 Å². The molecule has 0 bridgehead atoms. The number of hydrogen-bond donors (Lipinski definition) is 1. The minimum absolute atomic E-state index is 0.175. The first-order valence-electron chi connectivity index (χ1n) is 6.26. The molecule has 1 rings (SSSR count). The van der Waals surface area contributed by atoms with Crippen molar-refractivity contribution in [2.45, 2.75) is 38.6 Å². The van der Waals surface area contributed by atoms with Crippen molar-refractivity contribution in [3.8, 4) is 0 Å². The standard InChI is InChI=1S/C12H22N2O3/c1-3-4-7-17-12(16)8-13-10-5-6-11(15)14(2)9-10/h10,13H,3-9H2,1-2H3. The van der Waals surface area contributed by atoms with E-state index in [4.69, 9.17) is 4.74 Å². The Bertz CT molecular complexity index is 268. The van der Waals surface area contributed by atoms with Gasteiger partial charge >= 0.3 is 5.97 Å². The zero-order chi connectivity index (χ0) is 12.7. The topological polar surface area (TPSA) is 58.6 Å². The van der Waals surface area contributed by atoms with Crippen molar-refractivity contribution in [2.75, 3.05) is 26.7 Å². The van der Waals surface area contributed by atoms with Crippen LogP contribution in [0.25, 0.3) is 0 Å². The Labute approximate surface area is 102 Å². The summed E-state index contributed by atoms with van der Waals surface area (Å²) in [5, 5.41) is 3.13. The van der Waals surface area contributed by atoms with Crippen LogP contribution in [0.15, 0.2) is 0 Å². The summed E-state index contributed by atoms with van der Waals surface area (Å²) in [5.74, 6) is -0.0356. The molecule has 0 radical (unpaired) electrons. The van der Waals surface area contributed by atoms with Gasteiger partial charge in [-0.05, 0) is 12.8 Å². The van der Waals surface area contributed by atoms with E-state index in [9.17, 15) is 9.59 Å². The molecule has 1 amide bonds. The van der Waals surface area contributed by atoms with Crippen molar-refractivity contribution in [1.29, 1.82) is 0 Å². The lowest BCUT2D eigenvalue weighted by molar-refractivity contribution is -0.142. The van der Waals surface area contributed by atoms with Crippen molar-refractivity contribution in [3.63, 3.8) is 0 Å². The molecular formula is C12H22N2O3. The molecule has 0 aromatic rings. The molecule has 17 heavy (non-hydrogen) atoms. The lowest BCUT2D eigenvalue weighted by atomic mass is 10.1. The highest BCUT2D eigenvalue weighted by molar-refractivity contribution is 5.77. The van der Waals surface area contributed by atoms with E-state index in [2.05, 4.69) is 12.2 Å². The molecule has 1 heterocycles. The summed E-state index contributed by atoms with van der Waals surface area (Å²) < 4.78 is 5.04. The first-order chi connectivity index (χ1) is 8.13. The number of likely N-dealkylation sites (tertiary alicyclic amines) is 1. The molecule has 0 spiro atoms. The summed E-state index contributed by atoms with van der Waals surface area (Å²) in [6.07, 6.45) is 3.28. The van der Waals surface area contributed by atoms with E-state index in [1.165, 1.54) is 0 Å². The van der Waals surface area contributed by atoms with Crippen LogP contribution in [0.3, 0.4) is 0 Å². The van der Waals surface area contributed by atoms with E-state index in [0.717, 1.165) is 19.3 Å². The van der Waals surface area contributed by atoms with Gasteiger partial charge in [0.15, 0.2) is 0 Å². The maximum atomic E-state index is 11.3. The molecule has 5 nitrogen and oxygen atoms in total. The number of nitrogens with zero attached hydrogens (tertiary/aromatic N) is 1. The van der Waals surface area contributed by atoms with Crippen molar-refractivity contribution in [3.05, 3.63) is 0 Å². The summed E-state index contributed by atoms with van der Waals surface area (Å²) in [6, 6.07) is 0.205. The SMILES string of the molecule is CCCCOC(=O)CNC1CCC(=O)N(C)C1. The molecule has 0 aromatic heterocycles. The van der Waals surface area contributed by atoms with Crippen LogP contribution in [0.2, 0.25) is 0 Å². The van der Waals surface area contributed by atoms with Crippen LogP contribution in [0.1, 0.15) is 32.6 Å². The van der Waals surface area contributed by atoms with Gasteiger partial charge in [-0.25, -0.2) is 0 Å². The largest absolute Gasteiger partial charge is 0.465 e. The van der Waals surface area contributed by atoms with Gasteiger partial charge < -0.3 is 15.0 Å². The third kappa shape index (κ3) is 5.17. The zero-order valence-electron chi connectivity index (χ0n) is 10.7. The van der Waals surface area contributed by atoms with Crippen molar-refractivity contribution < 1.29 is 14.3 Å². The predicted octanol–water partition coefficient (Wildman–Crippen LogP) is 0.540. The third-order valence-electron chi connectivity index (χ3n) is 2.92. The second-order valence-corrected chi connectivity index (χ2v) is 4.46. The number of carbonyl (C=O) groups excluding carboxylic acids is 2. The van der Waals surface area contributed by atoms with E-state index in [0.29, 0.717) is 19.6 Å². The monoisotopic (exact) mass is 242 g/mol. The van der Waals surface area contributed by atoms with Crippen molar-refractivity contribution in [1.82, 2.24) is 10.2 Å². The molecule has 1 saturated heterocycles. The Morgan fingerprint density at radius 3 is 3.00 bits per heavy atom. The van der Waals surface area contributed by atoms with Gasteiger partial charge in [0.25, 0.3) is 0 Å². The number of ether oxygens (including phenoxy) is 1. The van der Waals surface area contributed by atoms with Gasteiger partial charge in [0.1, 0.15) is 0 Å². The molecular weight excluding hydrogens is 220 g/mol. The average molecular weight is 242 g/mol. The van der Waals surface area contributed by atoms with E-state index < -0.39 is 0 Å². The molecule has 0 saturated carbocycles. The minimum Gasteiger partial charge on any atom is -0.465 e. The van der Waals surface area contributed by atoms with Crippen LogP contribution in [0, 0.1) is 0 Å². The van der Waals surface area contributed by atoms with Crippen molar-refractivity contribution in [2.24, 2.45) is 0 Å². The van der Waals surface area contributed by atoms with E-state index in [1.807, 2.05) is 0 Å². The fourth-order valence-corrected chi connectivity index (χ4v) is 1.79. The highest BCUT2D eigenvalue weighted by atomic mass is 16.5. The summed E-state index contributed by atoms with van der Waals surface area (Å²) in [6.45, 7) is 3.46. The van der Waals surface area contributed by atoms with E-state index >= 15 is 0 Å². The normalized spacial score (nSPS) is 20.5. The van der Waals surface area contributed by atoms with Gasteiger partial charge in [0.05, 0.1) is 13.2 Å². The molecule has 1 unspecified atom stereocenters. The van der Waals surface area contributed by atoms with Crippen LogP contribution >= 0.6 is 0 Å². The summed E-state index contributed by atoms with van der Waals surface area (Å²) in [5.41, 5.74) is 0. The van der Waals surface area contributed by atoms with Gasteiger partial charge in [-0.3, -0.25) is 9.59 Å². The number of carbonyl (C=O) groups is 2. The first kappa shape index (κ1) is 14.0. The fraction of sp³-hybridized carbons (Fsp3) is 0.833. The van der Waals surface area contributed by atoms with Gasteiger partial charge in [0.2, 0.25) is 5.91 Å². The molecule has 1 N–H and O–H groups in total. The molecule has 1 aliphatic heterocycles. The number of esters is 1. The number of nitrogens with one attached hydrogen (secondary N) is 1. The Balaban J connectivity index is 2.13. The van der Waals surface area contributed by atoms with Crippen LogP contribution in [0.4, 0.5) is 0 Å². The maximum absolute atomic E-state index is 11.3. The molecule has 5 heteroatoms. The zero-order valence-corrected chi connectivity index (χ0v) is 10.7. The number of amides is 1. The highest BCUT2D eigenvalue weighted by Gasteiger charge is 2.22. The van der Waals surface area contributed by atoms with E-state index in [1.54, 1.807) is 11.9 Å². The van der Waals surface area contributed by atoms with Gasteiger partial charge in [-0.15, -0.1) is 0 Å². The second kappa shape index (κ2) is 7.27. The molecule has 0 aromatic carbocycles. The lowest BCUT2D eigenvalue weighted by Gasteiger charge is -2.30. The number of unbranched alkanes of at least 4 members (excludes halogenated alkanes) is 1. The Morgan fingerprint density at radius 1 is 1.59 bits per heavy atom. The van der Waals surface area contributed by atoms with Crippen LogP contribution < -0.4 is 5.32 Å². The van der Waals surface area contributed by atoms with Gasteiger partial charge in [-0.2, -0.15) is 0 Å². The Hall–Kier alpha value is -1.10. The fourth-order valence-electron chi connectivity index (χ4n) is 1.79. The van der Waals surface area contributed by atoms with Gasteiger partial charge in [0, 0.05) is 26.1 Å². The molecule has 1 fully saturated rings. The maximum Gasteiger partial charge on any atom is 0.319 e. The summed E-state index contributed by atoms with van der Waals surface area (Å²) >= 11 is 0. The highest BCUT2D eigenvalue weighted by Crippen LogP contribution is 2.09. The van der Waals surface area contributed by atoms with Crippen LogP contribution in [0.5, 0.6) is 0 Å². The lowest BCUT2D eigenvalue weighted by Crippen LogP contribution is -2.48. The quantitative estimate of drug-likeness (QED) is 0.545.